The number of rotatable bonds is 7. The maximum absolute atomic E-state index is 5.56. The molecule has 166 valence electrons. The Balaban J connectivity index is 1.56. The standard InChI is InChI=1S/C25H24N6O2/c1-30(25-22(32-2)5-4-6-23(25)33-3)15-24-28-19-13-18(17-7-9-26-10-8-17)21(14-20(19)29-24)31-12-11-27-16-31/h4-14,16H,15H2,1-3H3,(H,28,29). The summed E-state index contributed by atoms with van der Waals surface area (Å²) in [6, 6.07) is 14.0. The van der Waals surface area contributed by atoms with Crippen LogP contribution in [0, 0.1) is 0 Å². The Kier molecular flexibility index (Phi) is 5.40. The van der Waals surface area contributed by atoms with Crippen LogP contribution in [0.25, 0.3) is 27.8 Å². The summed E-state index contributed by atoms with van der Waals surface area (Å²) in [5.41, 5.74) is 5.86. The minimum absolute atomic E-state index is 0.552. The molecule has 33 heavy (non-hydrogen) atoms. The lowest BCUT2D eigenvalue weighted by molar-refractivity contribution is 0.394. The van der Waals surface area contributed by atoms with Crippen molar-refractivity contribution in [2.45, 2.75) is 6.54 Å². The van der Waals surface area contributed by atoms with Gasteiger partial charge in [-0.2, -0.15) is 0 Å². The van der Waals surface area contributed by atoms with Crippen molar-refractivity contribution < 1.29 is 9.47 Å². The Morgan fingerprint density at radius 2 is 1.73 bits per heavy atom. The summed E-state index contributed by atoms with van der Waals surface area (Å²) in [4.78, 5) is 18.8. The van der Waals surface area contributed by atoms with E-state index in [-0.39, 0.29) is 0 Å². The van der Waals surface area contributed by atoms with Gasteiger partial charge in [0.2, 0.25) is 0 Å². The fourth-order valence-corrected chi connectivity index (χ4v) is 4.06. The Labute approximate surface area is 191 Å². The lowest BCUT2D eigenvalue weighted by Gasteiger charge is -2.23. The van der Waals surface area contributed by atoms with Crippen molar-refractivity contribution in [1.82, 2.24) is 24.5 Å². The molecule has 2 aromatic carbocycles. The number of ether oxygens (including phenoxy) is 2. The van der Waals surface area contributed by atoms with Crippen LogP contribution in [0.5, 0.6) is 11.5 Å². The Hall–Kier alpha value is -4.33. The zero-order valence-corrected chi connectivity index (χ0v) is 18.7. The molecule has 0 saturated heterocycles. The maximum Gasteiger partial charge on any atom is 0.145 e. The molecule has 5 rings (SSSR count). The molecule has 0 aliphatic heterocycles. The highest BCUT2D eigenvalue weighted by atomic mass is 16.5. The molecule has 5 aromatic rings. The number of methoxy groups -OCH3 is 2. The molecule has 0 fully saturated rings. The number of hydrogen-bond donors (Lipinski definition) is 1. The van der Waals surface area contributed by atoms with E-state index in [1.54, 1.807) is 39.1 Å². The molecule has 0 saturated carbocycles. The van der Waals surface area contributed by atoms with E-state index < -0.39 is 0 Å². The Morgan fingerprint density at radius 3 is 2.39 bits per heavy atom. The second kappa shape index (κ2) is 8.66. The molecule has 0 aliphatic carbocycles. The number of aromatic nitrogens is 5. The first kappa shape index (κ1) is 20.6. The van der Waals surface area contributed by atoms with Crippen molar-refractivity contribution in [2.24, 2.45) is 0 Å². The third-order valence-electron chi connectivity index (χ3n) is 5.59. The largest absolute Gasteiger partial charge is 0.494 e. The molecule has 0 bridgehead atoms. The van der Waals surface area contributed by atoms with Gasteiger partial charge in [-0.25, -0.2) is 9.97 Å². The SMILES string of the molecule is COc1cccc(OC)c1N(C)Cc1nc2cc(-n3ccnc3)c(-c3ccncc3)cc2[nH]1. The summed E-state index contributed by atoms with van der Waals surface area (Å²) in [5, 5.41) is 0. The zero-order chi connectivity index (χ0) is 22.8. The minimum Gasteiger partial charge on any atom is -0.494 e. The summed E-state index contributed by atoms with van der Waals surface area (Å²) in [6.07, 6.45) is 9.09. The van der Waals surface area contributed by atoms with E-state index in [0.717, 1.165) is 50.9 Å². The lowest BCUT2D eigenvalue weighted by atomic mass is 10.0. The van der Waals surface area contributed by atoms with Crippen LogP contribution in [-0.4, -0.2) is 45.8 Å². The Bertz CT molecular complexity index is 1360. The molecule has 8 nitrogen and oxygen atoms in total. The van der Waals surface area contributed by atoms with Gasteiger partial charge in [0.25, 0.3) is 0 Å². The van der Waals surface area contributed by atoms with E-state index in [2.05, 4.69) is 32.0 Å². The van der Waals surface area contributed by atoms with Gasteiger partial charge in [0.05, 0.1) is 43.8 Å². The van der Waals surface area contributed by atoms with Crippen molar-refractivity contribution in [1.29, 1.82) is 0 Å². The molecule has 0 unspecified atom stereocenters. The molecule has 0 aliphatic rings. The molecule has 3 heterocycles. The van der Waals surface area contributed by atoms with Gasteiger partial charge >= 0.3 is 0 Å². The molecule has 1 N–H and O–H groups in total. The van der Waals surface area contributed by atoms with Crippen LogP contribution in [0.3, 0.4) is 0 Å². The van der Waals surface area contributed by atoms with Crippen molar-refractivity contribution in [3.63, 3.8) is 0 Å². The number of nitrogens with zero attached hydrogens (tertiary/aromatic N) is 5. The van der Waals surface area contributed by atoms with Crippen LogP contribution >= 0.6 is 0 Å². The van der Waals surface area contributed by atoms with Crippen LogP contribution in [0.4, 0.5) is 5.69 Å². The average molecular weight is 441 g/mol. The first-order valence-electron chi connectivity index (χ1n) is 10.5. The molecular weight excluding hydrogens is 416 g/mol. The quantitative estimate of drug-likeness (QED) is 0.402. The van der Waals surface area contributed by atoms with E-state index in [9.17, 15) is 0 Å². The minimum atomic E-state index is 0.552. The summed E-state index contributed by atoms with van der Waals surface area (Å²) >= 11 is 0. The van der Waals surface area contributed by atoms with Gasteiger partial charge in [0.15, 0.2) is 0 Å². The summed E-state index contributed by atoms with van der Waals surface area (Å²) in [5.74, 6) is 2.33. The topological polar surface area (TPSA) is 81.1 Å². The monoisotopic (exact) mass is 440 g/mol. The maximum atomic E-state index is 5.56. The molecule has 0 atom stereocenters. The van der Waals surface area contributed by atoms with Gasteiger partial charge in [-0.05, 0) is 42.0 Å². The number of benzene rings is 2. The van der Waals surface area contributed by atoms with Crippen LogP contribution in [-0.2, 0) is 6.54 Å². The van der Waals surface area contributed by atoms with Crippen molar-refractivity contribution in [2.75, 3.05) is 26.2 Å². The third kappa shape index (κ3) is 3.87. The van der Waals surface area contributed by atoms with Gasteiger partial charge in [-0.1, -0.05) is 6.07 Å². The van der Waals surface area contributed by atoms with Crippen LogP contribution < -0.4 is 14.4 Å². The number of fused-ring (bicyclic) bond motifs is 1. The fraction of sp³-hybridized carbons (Fsp3) is 0.160. The first-order valence-corrected chi connectivity index (χ1v) is 10.5. The number of H-pyrrole nitrogens is 1. The number of imidazole rings is 2. The van der Waals surface area contributed by atoms with E-state index in [1.165, 1.54) is 0 Å². The number of para-hydroxylation sites is 1. The number of aromatic amines is 1. The number of anilines is 1. The lowest BCUT2D eigenvalue weighted by Crippen LogP contribution is -2.19. The van der Waals surface area contributed by atoms with Gasteiger partial charge in [-0.15, -0.1) is 0 Å². The molecule has 8 heteroatoms. The van der Waals surface area contributed by atoms with Crippen molar-refractivity contribution >= 4 is 16.7 Å². The summed E-state index contributed by atoms with van der Waals surface area (Å²) < 4.78 is 13.1. The predicted octanol–water partition coefficient (Wildman–Crippen LogP) is 4.46. The van der Waals surface area contributed by atoms with Gasteiger partial charge in [0, 0.05) is 37.4 Å². The molecule has 0 spiro atoms. The van der Waals surface area contributed by atoms with Crippen molar-refractivity contribution in [3.8, 4) is 28.3 Å². The van der Waals surface area contributed by atoms with E-state index in [1.807, 2.05) is 48.1 Å². The first-order chi connectivity index (χ1) is 16.2. The predicted molar refractivity (Wildman–Crippen MR) is 128 cm³/mol. The summed E-state index contributed by atoms with van der Waals surface area (Å²) in [7, 11) is 5.31. The molecule has 0 amide bonds. The highest BCUT2D eigenvalue weighted by Gasteiger charge is 2.17. The van der Waals surface area contributed by atoms with E-state index in [4.69, 9.17) is 14.5 Å². The fourth-order valence-electron chi connectivity index (χ4n) is 4.06. The second-order valence-corrected chi connectivity index (χ2v) is 7.64. The van der Waals surface area contributed by atoms with Gasteiger partial charge in [0.1, 0.15) is 23.0 Å². The Morgan fingerprint density at radius 1 is 0.970 bits per heavy atom. The molecular formula is C25H24N6O2. The third-order valence-corrected chi connectivity index (χ3v) is 5.59. The number of hydrogen-bond acceptors (Lipinski definition) is 6. The van der Waals surface area contributed by atoms with E-state index >= 15 is 0 Å². The van der Waals surface area contributed by atoms with Crippen molar-refractivity contribution in [3.05, 3.63) is 79.4 Å². The van der Waals surface area contributed by atoms with Crippen LogP contribution in [0.15, 0.2) is 73.6 Å². The smallest absolute Gasteiger partial charge is 0.145 e. The number of pyridine rings is 1. The van der Waals surface area contributed by atoms with Crippen LogP contribution in [0.2, 0.25) is 0 Å². The average Bonchev–Trinajstić information content (AvgIpc) is 3.52. The van der Waals surface area contributed by atoms with Gasteiger partial charge < -0.3 is 23.9 Å². The normalized spacial score (nSPS) is 11.0. The van der Waals surface area contributed by atoms with Crippen LogP contribution in [0.1, 0.15) is 5.82 Å². The van der Waals surface area contributed by atoms with Gasteiger partial charge in [-0.3, -0.25) is 4.98 Å². The summed E-state index contributed by atoms with van der Waals surface area (Å²) in [6.45, 7) is 0.552. The number of nitrogens with one attached hydrogen (secondary N) is 1. The highest BCUT2D eigenvalue weighted by molar-refractivity contribution is 5.87. The van der Waals surface area contributed by atoms with E-state index in [0.29, 0.717) is 6.54 Å². The zero-order valence-electron chi connectivity index (χ0n) is 18.7. The molecule has 3 aromatic heterocycles. The second-order valence-electron chi connectivity index (χ2n) is 7.64. The highest BCUT2D eigenvalue weighted by Crippen LogP contribution is 2.37. The molecule has 0 radical (unpaired) electrons.